The molecular formula is C25H27FN4O. The fourth-order valence-electron chi connectivity index (χ4n) is 4.03. The van der Waals surface area contributed by atoms with Crippen LogP contribution in [0.5, 0.6) is 5.75 Å². The number of halogens is 1. The van der Waals surface area contributed by atoms with Crippen molar-refractivity contribution in [2.75, 3.05) is 21.2 Å². The third kappa shape index (κ3) is 4.44. The Morgan fingerprint density at radius 3 is 2.52 bits per heavy atom. The largest absolute Gasteiger partial charge is 0.493 e. The maximum absolute atomic E-state index is 14.2. The Labute approximate surface area is 182 Å². The van der Waals surface area contributed by atoms with Gasteiger partial charge in [-0.1, -0.05) is 30.3 Å². The molecule has 0 saturated heterocycles. The van der Waals surface area contributed by atoms with Crippen LogP contribution < -0.4 is 4.74 Å². The van der Waals surface area contributed by atoms with Crippen LogP contribution in [0.15, 0.2) is 54.9 Å². The van der Waals surface area contributed by atoms with Crippen molar-refractivity contribution < 1.29 is 9.13 Å². The van der Waals surface area contributed by atoms with Crippen LogP contribution in [0.25, 0.3) is 16.8 Å². The molecule has 2 aromatic heterocycles. The Bertz CT molecular complexity index is 1200. The molecule has 0 bridgehead atoms. The van der Waals surface area contributed by atoms with Gasteiger partial charge in [0.25, 0.3) is 0 Å². The van der Waals surface area contributed by atoms with E-state index < -0.39 is 0 Å². The molecule has 0 unspecified atom stereocenters. The monoisotopic (exact) mass is 418 g/mol. The third-order valence-corrected chi connectivity index (χ3v) is 5.42. The van der Waals surface area contributed by atoms with Crippen molar-refractivity contribution in [1.82, 2.24) is 19.5 Å². The highest BCUT2D eigenvalue weighted by Crippen LogP contribution is 2.28. The predicted molar refractivity (Wildman–Crippen MR) is 121 cm³/mol. The number of nitrogens with zero attached hydrogens (tertiary/aromatic N) is 4. The second-order valence-electron chi connectivity index (χ2n) is 8.14. The van der Waals surface area contributed by atoms with Crippen LogP contribution in [-0.4, -0.2) is 40.7 Å². The van der Waals surface area contributed by atoms with Gasteiger partial charge in [0.15, 0.2) is 17.2 Å². The fourth-order valence-corrected chi connectivity index (χ4v) is 4.03. The molecule has 5 nitrogen and oxygen atoms in total. The average Bonchev–Trinajstić information content (AvgIpc) is 3.22. The lowest BCUT2D eigenvalue weighted by molar-refractivity contribution is 0.381. The summed E-state index contributed by atoms with van der Waals surface area (Å²) in [5.41, 5.74) is 7.04. The normalized spacial score (nSPS) is 11.4. The van der Waals surface area contributed by atoms with Gasteiger partial charge in [-0.25, -0.2) is 4.39 Å². The highest BCUT2D eigenvalue weighted by atomic mass is 19.1. The van der Waals surface area contributed by atoms with E-state index in [0.717, 1.165) is 46.6 Å². The van der Waals surface area contributed by atoms with Crippen LogP contribution in [-0.2, 0) is 19.4 Å². The van der Waals surface area contributed by atoms with E-state index in [2.05, 4.69) is 65.6 Å². The molecule has 2 aromatic carbocycles. The molecule has 0 aliphatic heterocycles. The van der Waals surface area contributed by atoms with Gasteiger partial charge < -0.3 is 9.64 Å². The van der Waals surface area contributed by atoms with Crippen LogP contribution >= 0.6 is 0 Å². The van der Waals surface area contributed by atoms with Gasteiger partial charge in [0.05, 0.1) is 7.11 Å². The summed E-state index contributed by atoms with van der Waals surface area (Å²) in [6.07, 6.45) is 3.12. The molecule has 0 saturated carbocycles. The van der Waals surface area contributed by atoms with Crippen LogP contribution in [0, 0.1) is 12.7 Å². The molecule has 0 spiro atoms. The zero-order valence-electron chi connectivity index (χ0n) is 18.4. The summed E-state index contributed by atoms with van der Waals surface area (Å²) in [6.45, 7) is 2.80. The first-order valence-corrected chi connectivity index (χ1v) is 10.3. The van der Waals surface area contributed by atoms with Gasteiger partial charge in [-0.15, -0.1) is 10.2 Å². The Kier molecular flexibility index (Phi) is 6.00. The number of pyridine rings is 1. The van der Waals surface area contributed by atoms with Crippen molar-refractivity contribution in [3.05, 3.63) is 83.1 Å². The molecule has 6 heteroatoms. The van der Waals surface area contributed by atoms with Crippen LogP contribution in [0.2, 0.25) is 0 Å². The molecule has 31 heavy (non-hydrogen) atoms. The van der Waals surface area contributed by atoms with E-state index in [-0.39, 0.29) is 5.82 Å². The zero-order chi connectivity index (χ0) is 22.0. The number of aromatic nitrogens is 3. The van der Waals surface area contributed by atoms with E-state index in [1.165, 1.54) is 18.7 Å². The minimum Gasteiger partial charge on any atom is -0.493 e. The summed E-state index contributed by atoms with van der Waals surface area (Å²) in [6, 6.07) is 16.2. The number of hydrogen-bond acceptors (Lipinski definition) is 4. The lowest BCUT2D eigenvalue weighted by Crippen LogP contribution is -2.10. The number of aryl methyl sites for hydroxylation is 3. The maximum Gasteiger partial charge on any atom is 0.168 e. The Hall–Kier alpha value is -3.25. The van der Waals surface area contributed by atoms with Gasteiger partial charge in [0, 0.05) is 17.8 Å². The minimum absolute atomic E-state index is 0.319. The molecule has 0 fully saturated rings. The van der Waals surface area contributed by atoms with E-state index >= 15 is 0 Å². The lowest BCUT2D eigenvalue weighted by Gasteiger charge is -2.13. The van der Waals surface area contributed by atoms with Gasteiger partial charge in [0.2, 0.25) is 0 Å². The SMILES string of the molecule is COc1c(F)cc(C)cc1CCc1ccc(-c2ccc(CN(C)C)cc2)c2nncn12. The minimum atomic E-state index is -0.319. The molecule has 0 aliphatic carbocycles. The summed E-state index contributed by atoms with van der Waals surface area (Å²) >= 11 is 0. The third-order valence-electron chi connectivity index (χ3n) is 5.42. The number of benzene rings is 2. The molecular weight excluding hydrogens is 391 g/mol. The first-order chi connectivity index (χ1) is 15.0. The molecule has 0 amide bonds. The molecule has 4 rings (SSSR count). The Balaban J connectivity index is 1.62. The van der Waals surface area contributed by atoms with Gasteiger partial charge in [-0.3, -0.25) is 4.40 Å². The van der Waals surface area contributed by atoms with Gasteiger partial charge >= 0.3 is 0 Å². The number of methoxy groups -OCH3 is 1. The average molecular weight is 419 g/mol. The standard InChI is InChI=1S/C25H27FN4O/c1-17-13-20(24(31-4)23(26)14-17)9-10-21-11-12-22(25-28-27-16-30(21)25)19-7-5-18(6-8-19)15-29(2)3/h5-8,11-14,16H,9-10,15H2,1-4H3. The second-order valence-corrected chi connectivity index (χ2v) is 8.14. The van der Waals surface area contributed by atoms with Crippen molar-refractivity contribution in [2.24, 2.45) is 0 Å². The van der Waals surface area contributed by atoms with E-state index in [1.54, 1.807) is 6.33 Å². The molecule has 0 aliphatic rings. The predicted octanol–water partition coefficient (Wildman–Crippen LogP) is 4.70. The summed E-state index contributed by atoms with van der Waals surface area (Å²) in [5, 5.41) is 8.51. The van der Waals surface area contributed by atoms with E-state index in [9.17, 15) is 4.39 Å². The summed E-state index contributed by atoms with van der Waals surface area (Å²) < 4.78 is 21.5. The smallest absolute Gasteiger partial charge is 0.168 e. The second kappa shape index (κ2) is 8.86. The van der Waals surface area contributed by atoms with Gasteiger partial charge in [-0.05, 0) is 74.3 Å². The van der Waals surface area contributed by atoms with Gasteiger partial charge in [-0.2, -0.15) is 0 Å². The summed E-state index contributed by atoms with van der Waals surface area (Å²) in [7, 11) is 5.63. The number of hydrogen-bond donors (Lipinski definition) is 0. The van der Waals surface area contributed by atoms with Crippen LogP contribution in [0.3, 0.4) is 0 Å². The molecule has 2 heterocycles. The van der Waals surface area contributed by atoms with Crippen molar-refractivity contribution in [3.63, 3.8) is 0 Å². The molecule has 0 radical (unpaired) electrons. The number of fused-ring (bicyclic) bond motifs is 1. The maximum atomic E-state index is 14.2. The van der Waals surface area contributed by atoms with Crippen LogP contribution in [0.4, 0.5) is 4.39 Å². The zero-order valence-corrected chi connectivity index (χ0v) is 18.4. The molecule has 0 atom stereocenters. The Morgan fingerprint density at radius 1 is 1.03 bits per heavy atom. The van der Waals surface area contributed by atoms with Crippen molar-refractivity contribution in [1.29, 1.82) is 0 Å². The van der Waals surface area contributed by atoms with E-state index in [1.807, 2.05) is 17.4 Å². The fraction of sp³-hybridized carbons (Fsp3) is 0.280. The van der Waals surface area contributed by atoms with Gasteiger partial charge in [0.1, 0.15) is 6.33 Å². The molecule has 4 aromatic rings. The summed E-state index contributed by atoms with van der Waals surface area (Å²) in [4.78, 5) is 2.15. The Morgan fingerprint density at radius 2 is 1.81 bits per heavy atom. The number of ether oxygens (including phenoxy) is 1. The van der Waals surface area contributed by atoms with Crippen molar-refractivity contribution in [2.45, 2.75) is 26.3 Å². The number of rotatable bonds is 7. The topological polar surface area (TPSA) is 42.7 Å². The first kappa shape index (κ1) is 21.0. The first-order valence-electron chi connectivity index (χ1n) is 10.3. The molecule has 0 N–H and O–H groups in total. The van der Waals surface area contributed by atoms with Crippen molar-refractivity contribution >= 4 is 5.65 Å². The van der Waals surface area contributed by atoms with Crippen LogP contribution in [0.1, 0.15) is 22.4 Å². The lowest BCUT2D eigenvalue weighted by atomic mass is 10.0. The highest BCUT2D eigenvalue weighted by molar-refractivity contribution is 5.77. The van der Waals surface area contributed by atoms with E-state index in [4.69, 9.17) is 4.74 Å². The molecule has 160 valence electrons. The highest BCUT2D eigenvalue weighted by Gasteiger charge is 2.14. The quantitative estimate of drug-likeness (QED) is 0.436. The summed E-state index contributed by atoms with van der Waals surface area (Å²) in [5.74, 6) is 0.0000371. The van der Waals surface area contributed by atoms with Crippen molar-refractivity contribution in [3.8, 4) is 16.9 Å². The van der Waals surface area contributed by atoms with E-state index in [0.29, 0.717) is 12.2 Å².